The molecule has 0 radical (unpaired) electrons. The van der Waals surface area contributed by atoms with Gasteiger partial charge in [-0.15, -0.1) is 0 Å². The summed E-state index contributed by atoms with van der Waals surface area (Å²) in [7, 11) is 6.68. The molecular weight excluding hydrogens is 1530 g/mol. The maximum Gasteiger partial charge on any atom is 1.00 e. The fraction of sp³-hybridized carbons (Fsp3) is 0.302. The summed E-state index contributed by atoms with van der Waals surface area (Å²) in [4.78, 5) is 156. The Balaban J connectivity index is 0.000000140. The molecule has 4 fully saturated rings. The maximum absolute atomic E-state index is 13.0. The quantitative estimate of drug-likeness (QED) is 0.0726. The number of hydrogen-bond donors (Lipinski definition) is 4. The number of nitrogens with one attached hydrogen (secondary N) is 3. The van der Waals surface area contributed by atoms with Crippen LogP contribution in [-0.2, 0) is 49.7 Å². The number of carbonyl (C=O) groups excluding carboxylic acids is 8. The molecule has 4 aromatic carbocycles. The van der Waals surface area contributed by atoms with Crippen LogP contribution in [0.25, 0.3) is 0 Å². The average Bonchev–Trinajstić information content (AvgIpc) is 1.60. The van der Waals surface area contributed by atoms with Crippen LogP contribution in [0.3, 0.4) is 0 Å². The van der Waals surface area contributed by atoms with Gasteiger partial charge in [-0.05, 0) is 71.6 Å². The number of likely N-dealkylation sites (N-methyl/N-ethyl adjacent to an activating group) is 4. The summed E-state index contributed by atoms with van der Waals surface area (Å²) >= 11 is 0. The van der Waals surface area contributed by atoms with Crippen molar-refractivity contribution >= 4 is 70.9 Å². The number of amides is 7. The van der Waals surface area contributed by atoms with E-state index in [9.17, 15) is 38.4 Å². The van der Waals surface area contributed by atoms with Gasteiger partial charge in [0, 0.05) is 127 Å². The van der Waals surface area contributed by atoms with Crippen molar-refractivity contribution in [3.05, 3.63) is 287 Å². The molecular formula is C86H86LiN20O13-. The molecule has 33 nitrogen and oxygen atoms in total. The fourth-order valence-corrected chi connectivity index (χ4v) is 15.3. The number of benzene rings is 4. The van der Waals surface area contributed by atoms with Gasteiger partial charge in [0.25, 0.3) is 35.4 Å². The molecule has 2 unspecified atom stereocenters. The Hall–Kier alpha value is -13.5. The first-order chi connectivity index (χ1) is 56.4. The van der Waals surface area contributed by atoms with Gasteiger partial charge in [-0.1, -0.05) is 136 Å². The monoisotopic (exact) mass is 1610 g/mol. The summed E-state index contributed by atoms with van der Waals surface area (Å²) in [5.41, 5.74) is 13.6. The van der Waals surface area contributed by atoms with E-state index in [2.05, 4.69) is 75.8 Å². The third-order valence-electron chi connectivity index (χ3n) is 21.6. The standard InChI is InChI=1S/3C21H19N5O3.C11H8NO2.C10H12N4O.2CH4.Li.H2O/c3*1-26-18-16(22-7-8-23-18)14-10-15(14)17(21(26)28)25-19(27)20-24-11-13(29-20)9-12-5-3-2-4-6-12;13-8-11-12-7-10(14-11)6-9-4-2-1-3-5-9;1-14-9-8(12-2-3-13-9)6-4-5(6)7(11)10(14)15;;;;/h3*2-8,11,14-15,17H,9-10H2,1H3,(H,25,27);1-5,7H,6H2;2-3,5-7H,4,11H2,1H3;2*1H4;;1H2/q;;;-1;;;;+1;/p-1/t14-,15?,17+;2*14-,15+,17+;;5?,6-,7+;;;;/m110.1..../s1. The zero-order chi connectivity index (χ0) is 80.3. The number of rotatable bonds is 15. The first-order valence-electron chi connectivity index (χ1n) is 37.8. The van der Waals surface area contributed by atoms with Crippen molar-refractivity contribution in [2.45, 2.75) is 114 Å². The maximum atomic E-state index is 13.0. The molecule has 4 aliphatic carbocycles. The summed E-state index contributed by atoms with van der Waals surface area (Å²) in [6.07, 6.45) is 26.3. The SMILES string of the molecule is C.C.CN1C(=O)[C@@H](N)C2C[C@H]2c2nccnc21.CN1C(=O)[C@@H](NC(=O)c2ncc(Cc3ccccc3)o2)C2C[C@H]2c2nccnc21.CN1C(=O)[C@@H](NC(=O)c2ncc(Cc3ccccc3)o2)[C@H]2C[C@H]2c2nccnc21.CN1C(=O)[C@H](NC(=O)c2ncc(Cc3ccccc3)o2)[C@@H]2C[C@@H]2c2nccnc21.O=[C-]c1ncc(Cc2ccccc2)o1.[Li+].[OH-]. The normalized spacial score (nSPS) is 21.6. The van der Waals surface area contributed by atoms with Crippen molar-refractivity contribution in [1.82, 2.24) is 75.8 Å². The fourth-order valence-electron chi connectivity index (χ4n) is 15.3. The minimum absolute atomic E-state index is 0. The van der Waals surface area contributed by atoms with Gasteiger partial charge in [0.2, 0.25) is 5.91 Å². The van der Waals surface area contributed by atoms with Crippen molar-refractivity contribution in [2.75, 3.05) is 47.8 Å². The molecule has 120 heavy (non-hydrogen) atoms. The molecule has 12 aromatic rings. The Morgan fingerprint density at radius 1 is 0.375 bits per heavy atom. The number of oxazole rings is 4. The molecule has 0 bridgehead atoms. The van der Waals surface area contributed by atoms with Gasteiger partial charge in [-0.25, -0.2) is 34.9 Å². The van der Waals surface area contributed by atoms with E-state index in [0.717, 1.165) is 70.7 Å². The van der Waals surface area contributed by atoms with Crippen molar-refractivity contribution in [1.29, 1.82) is 0 Å². The molecule has 0 saturated heterocycles. The van der Waals surface area contributed by atoms with E-state index in [1.54, 1.807) is 109 Å². The van der Waals surface area contributed by atoms with Crippen LogP contribution in [-0.4, -0.2) is 165 Å². The molecule has 8 aliphatic rings. The summed E-state index contributed by atoms with van der Waals surface area (Å²) < 4.78 is 22.0. The Morgan fingerprint density at radius 2 is 0.625 bits per heavy atom. The van der Waals surface area contributed by atoms with E-state index in [4.69, 9.17) is 23.4 Å². The van der Waals surface area contributed by atoms with Crippen LogP contribution in [0.2, 0.25) is 0 Å². The third kappa shape index (κ3) is 18.7. The van der Waals surface area contributed by atoms with Gasteiger partial charge in [-0.2, -0.15) is 6.29 Å². The molecule has 0 spiro atoms. The Morgan fingerprint density at radius 3 is 0.908 bits per heavy atom. The van der Waals surface area contributed by atoms with E-state index in [1.165, 1.54) is 19.6 Å². The molecule has 12 atom stereocenters. The number of carbonyl (C=O) groups is 7. The average molecular weight is 1610 g/mol. The van der Waals surface area contributed by atoms with Crippen molar-refractivity contribution in [2.24, 2.45) is 29.4 Å². The molecule has 4 aliphatic heterocycles. The van der Waals surface area contributed by atoms with Crippen molar-refractivity contribution < 1.29 is 80.4 Å². The number of anilines is 4. The van der Waals surface area contributed by atoms with Crippen molar-refractivity contribution in [3.8, 4) is 0 Å². The topological polar surface area (TPSA) is 449 Å². The zero-order valence-electron chi connectivity index (χ0n) is 64.6. The Kier molecular flexibility index (Phi) is 26.8. The van der Waals surface area contributed by atoms with Crippen LogP contribution in [0.5, 0.6) is 0 Å². The second kappa shape index (κ2) is 37.4. The van der Waals surface area contributed by atoms with Crippen molar-refractivity contribution in [3.63, 3.8) is 0 Å². The minimum Gasteiger partial charge on any atom is -0.870 e. The smallest absolute Gasteiger partial charge is 0.870 e. The first kappa shape index (κ1) is 85.9. The molecule has 20 rings (SSSR count). The van der Waals surface area contributed by atoms with Gasteiger partial charge in [0.1, 0.15) is 41.2 Å². The molecule has 4 saturated carbocycles. The van der Waals surface area contributed by atoms with Gasteiger partial charge < -0.3 is 49.6 Å². The third-order valence-corrected chi connectivity index (χ3v) is 21.6. The summed E-state index contributed by atoms with van der Waals surface area (Å²) in [5.74, 6) is 3.51. The van der Waals surface area contributed by atoms with Gasteiger partial charge in [0.15, 0.2) is 23.3 Å². The minimum atomic E-state index is -0.655. The van der Waals surface area contributed by atoms with Gasteiger partial charge in [-0.3, -0.25) is 78.1 Å². The number of aromatic nitrogens is 12. The summed E-state index contributed by atoms with van der Waals surface area (Å²) in [6, 6.07) is 36.9. The number of nitrogens with zero attached hydrogens (tertiary/aromatic N) is 16. The molecule has 8 aromatic heterocycles. The van der Waals surface area contributed by atoms with Crippen LogP contribution in [0.15, 0.2) is 213 Å². The van der Waals surface area contributed by atoms with Crippen LogP contribution >= 0.6 is 0 Å². The first-order valence-corrected chi connectivity index (χ1v) is 37.8. The number of nitrogens with two attached hydrogens (primary N) is 1. The van der Waals surface area contributed by atoms with E-state index in [1.807, 2.05) is 121 Å². The molecule has 34 heteroatoms. The van der Waals surface area contributed by atoms with E-state index >= 15 is 0 Å². The molecule has 7 amide bonds. The number of fused-ring (bicyclic) bond motifs is 12. The van der Waals surface area contributed by atoms with E-state index in [0.29, 0.717) is 77.9 Å². The van der Waals surface area contributed by atoms with E-state index < -0.39 is 41.9 Å². The van der Waals surface area contributed by atoms with Crippen LogP contribution in [0.1, 0.15) is 170 Å². The van der Waals surface area contributed by atoms with Crippen LogP contribution in [0, 0.1) is 23.7 Å². The Labute approximate surface area is 701 Å². The zero-order valence-corrected chi connectivity index (χ0v) is 64.6. The Bertz CT molecular complexity index is 5230. The largest absolute Gasteiger partial charge is 1.00 e. The molecule has 610 valence electrons. The summed E-state index contributed by atoms with van der Waals surface area (Å²) in [6.45, 7) is 0. The van der Waals surface area contributed by atoms with Crippen LogP contribution < -0.4 is 60.1 Å². The van der Waals surface area contributed by atoms with Crippen LogP contribution in [0.4, 0.5) is 23.3 Å². The molecule has 6 N–H and O–H groups in total. The predicted octanol–water partition coefficient (Wildman–Crippen LogP) is 5.51. The van der Waals surface area contributed by atoms with E-state index in [-0.39, 0.29) is 128 Å². The number of hydrogen-bond acceptors (Lipinski definition) is 26. The molecule has 12 heterocycles. The predicted molar refractivity (Wildman–Crippen MR) is 430 cm³/mol. The van der Waals surface area contributed by atoms with Gasteiger partial charge >= 0.3 is 36.6 Å². The summed E-state index contributed by atoms with van der Waals surface area (Å²) in [5, 5.41) is 8.45. The van der Waals surface area contributed by atoms with Gasteiger partial charge in [0.05, 0.1) is 59.5 Å². The second-order valence-electron chi connectivity index (χ2n) is 29.3. The second-order valence-corrected chi connectivity index (χ2v) is 29.3.